The molecule has 0 saturated carbocycles. The van der Waals surface area contributed by atoms with E-state index >= 15 is 0 Å². The third-order valence-electron chi connectivity index (χ3n) is 4.71. The number of anilines is 1. The number of amides is 1. The average molecular weight is 436 g/mol. The molecule has 0 saturated heterocycles. The van der Waals surface area contributed by atoms with Crippen molar-refractivity contribution in [2.75, 3.05) is 11.1 Å². The fraction of sp³-hybridized carbons (Fsp3) is 0.182. The lowest BCUT2D eigenvalue weighted by molar-refractivity contribution is -0.113. The zero-order valence-electron chi connectivity index (χ0n) is 16.9. The topological polar surface area (TPSA) is 72.7 Å². The maximum Gasteiger partial charge on any atom is 0.236 e. The Kier molecular flexibility index (Phi) is 5.96. The average Bonchev–Trinajstić information content (AvgIpc) is 3.39. The van der Waals surface area contributed by atoms with Crippen LogP contribution in [0.25, 0.3) is 16.9 Å². The molecule has 2 heterocycles. The monoisotopic (exact) mass is 435 g/mol. The number of nitrogens with one attached hydrogen (secondary N) is 1. The van der Waals surface area contributed by atoms with Gasteiger partial charge in [0.15, 0.2) is 10.3 Å². The number of benzene rings is 2. The Morgan fingerprint density at radius 2 is 1.90 bits per heavy atom. The van der Waals surface area contributed by atoms with Gasteiger partial charge >= 0.3 is 0 Å². The van der Waals surface area contributed by atoms with Crippen molar-refractivity contribution in [1.29, 1.82) is 0 Å². The Hall–Kier alpha value is -2.97. The maximum absolute atomic E-state index is 12.4. The molecule has 0 spiro atoms. The van der Waals surface area contributed by atoms with Crippen LogP contribution in [0, 0.1) is 20.8 Å². The van der Waals surface area contributed by atoms with Crippen LogP contribution in [0.15, 0.2) is 59.3 Å². The number of thioether (sulfide) groups is 1. The molecule has 4 aromatic rings. The van der Waals surface area contributed by atoms with Gasteiger partial charge in [-0.1, -0.05) is 41.6 Å². The summed E-state index contributed by atoms with van der Waals surface area (Å²) in [6.07, 6.45) is 1.65. The van der Waals surface area contributed by atoms with Gasteiger partial charge in [0.1, 0.15) is 6.33 Å². The molecule has 6 nitrogen and oxygen atoms in total. The van der Waals surface area contributed by atoms with Gasteiger partial charge in [-0.15, -0.1) is 21.5 Å². The van der Waals surface area contributed by atoms with Crippen molar-refractivity contribution in [3.63, 3.8) is 0 Å². The Balaban J connectivity index is 1.38. The second-order valence-electron chi connectivity index (χ2n) is 6.99. The van der Waals surface area contributed by atoms with E-state index in [1.807, 2.05) is 41.1 Å². The fourth-order valence-corrected chi connectivity index (χ4v) is 4.32. The largest absolute Gasteiger partial charge is 0.301 e. The van der Waals surface area contributed by atoms with Gasteiger partial charge in [-0.3, -0.25) is 9.36 Å². The van der Waals surface area contributed by atoms with Crippen molar-refractivity contribution >= 4 is 34.1 Å². The van der Waals surface area contributed by atoms with Crippen LogP contribution >= 0.6 is 23.1 Å². The fourth-order valence-electron chi connectivity index (χ4n) is 2.86. The van der Waals surface area contributed by atoms with Crippen molar-refractivity contribution < 1.29 is 4.79 Å². The van der Waals surface area contributed by atoms with Gasteiger partial charge in [-0.2, -0.15) is 0 Å². The smallest absolute Gasteiger partial charge is 0.236 e. The normalized spacial score (nSPS) is 10.9. The highest BCUT2D eigenvalue weighted by atomic mass is 32.2. The standard InChI is InChI=1S/C22H21N5OS2/c1-14-4-8-18(9-5-14)27-13-23-26-22(27)30-12-20(28)25-21-24-19(11-29-21)17-7-6-15(2)16(3)10-17/h4-11,13H,12H2,1-3H3,(H,24,25,28). The van der Waals surface area contributed by atoms with Crippen LogP contribution in [0.1, 0.15) is 16.7 Å². The molecule has 2 aromatic carbocycles. The summed E-state index contributed by atoms with van der Waals surface area (Å²) in [4.78, 5) is 17.0. The first kappa shape index (κ1) is 20.3. The lowest BCUT2D eigenvalue weighted by atomic mass is 10.1. The Morgan fingerprint density at radius 3 is 2.67 bits per heavy atom. The molecule has 2 aromatic heterocycles. The minimum atomic E-state index is -0.126. The number of hydrogen-bond donors (Lipinski definition) is 1. The predicted octanol–water partition coefficient (Wildman–Crippen LogP) is 5.05. The van der Waals surface area contributed by atoms with Crippen molar-refractivity contribution in [3.05, 3.63) is 70.9 Å². The minimum absolute atomic E-state index is 0.126. The summed E-state index contributed by atoms with van der Waals surface area (Å²) in [6.45, 7) is 6.21. The summed E-state index contributed by atoms with van der Waals surface area (Å²) in [5.74, 6) is 0.0998. The Labute approximate surface area is 183 Å². The van der Waals surface area contributed by atoms with Gasteiger partial charge in [-0.05, 0) is 50.1 Å². The molecular formula is C22H21N5OS2. The SMILES string of the molecule is Cc1ccc(-n2cnnc2SCC(=O)Nc2nc(-c3ccc(C)c(C)c3)cs2)cc1. The molecule has 1 amide bonds. The summed E-state index contributed by atoms with van der Waals surface area (Å²) >= 11 is 2.76. The number of nitrogens with zero attached hydrogens (tertiary/aromatic N) is 4. The molecule has 8 heteroatoms. The molecule has 1 N–H and O–H groups in total. The highest BCUT2D eigenvalue weighted by Crippen LogP contribution is 2.27. The van der Waals surface area contributed by atoms with E-state index in [-0.39, 0.29) is 11.7 Å². The number of carbonyl (C=O) groups excluding carboxylic acids is 1. The summed E-state index contributed by atoms with van der Waals surface area (Å²) in [6, 6.07) is 14.3. The highest BCUT2D eigenvalue weighted by Gasteiger charge is 2.12. The van der Waals surface area contributed by atoms with E-state index in [1.54, 1.807) is 6.33 Å². The zero-order chi connectivity index (χ0) is 21.1. The molecule has 30 heavy (non-hydrogen) atoms. The lowest BCUT2D eigenvalue weighted by Crippen LogP contribution is -2.14. The van der Waals surface area contributed by atoms with Gasteiger partial charge in [0.25, 0.3) is 0 Å². The summed E-state index contributed by atoms with van der Waals surface area (Å²) in [5.41, 5.74) is 6.54. The molecule has 0 radical (unpaired) electrons. The first-order chi connectivity index (χ1) is 14.5. The van der Waals surface area contributed by atoms with Crippen LogP contribution in [-0.4, -0.2) is 31.4 Å². The van der Waals surface area contributed by atoms with Gasteiger partial charge < -0.3 is 5.32 Å². The maximum atomic E-state index is 12.4. The molecule has 152 valence electrons. The molecule has 0 atom stereocenters. The van der Waals surface area contributed by atoms with Crippen LogP contribution in [0.2, 0.25) is 0 Å². The van der Waals surface area contributed by atoms with E-state index in [2.05, 4.69) is 52.5 Å². The molecular weight excluding hydrogens is 414 g/mol. The minimum Gasteiger partial charge on any atom is -0.301 e. The van der Waals surface area contributed by atoms with E-state index in [0.717, 1.165) is 16.9 Å². The van der Waals surface area contributed by atoms with Crippen molar-refractivity contribution in [3.8, 4) is 16.9 Å². The van der Waals surface area contributed by atoms with Gasteiger partial charge in [0.05, 0.1) is 11.4 Å². The Bertz CT molecular complexity index is 1180. The summed E-state index contributed by atoms with van der Waals surface area (Å²) in [7, 11) is 0. The molecule has 0 bridgehead atoms. The van der Waals surface area contributed by atoms with Crippen molar-refractivity contribution in [1.82, 2.24) is 19.7 Å². The molecule has 0 aliphatic carbocycles. The third-order valence-corrected chi connectivity index (χ3v) is 6.41. The van der Waals surface area contributed by atoms with Gasteiger partial charge in [0, 0.05) is 16.6 Å². The number of carbonyl (C=O) groups is 1. The molecule has 0 fully saturated rings. The van der Waals surface area contributed by atoms with Gasteiger partial charge in [0.2, 0.25) is 5.91 Å². The number of thiazole rings is 1. The van der Waals surface area contributed by atoms with Crippen LogP contribution in [-0.2, 0) is 4.79 Å². The number of aryl methyl sites for hydroxylation is 3. The number of rotatable bonds is 6. The molecule has 0 aliphatic heterocycles. The van der Waals surface area contributed by atoms with Gasteiger partial charge in [-0.25, -0.2) is 4.98 Å². The molecule has 0 aliphatic rings. The molecule has 4 rings (SSSR count). The lowest BCUT2D eigenvalue weighted by Gasteiger charge is -2.06. The van der Waals surface area contributed by atoms with E-state index in [1.165, 1.54) is 39.8 Å². The van der Waals surface area contributed by atoms with Crippen molar-refractivity contribution in [2.24, 2.45) is 0 Å². The third kappa shape index (κ3) is 4.60. The van der Waals surface area contributed by atoms with Crippen LogP contribution in [0.4, 0.5) is 5.13 Å². The summed E-state index contributed by atoms with van der Waals surface area (Å²) in [5, 5.41) is 14.2. The zero-order valence-corrected chi connectivity index (χ0v) is 18.5. The Morgan fingerprint density at radius 1 is 1.10 bits per heavy atom. The second-order valence-corrected chi connectivity index (χ2v) is 8.79. The van der Waals surface area contributed by atoms with E-state index in [9.17, 15) is 4.79 Å². The number of aromatic nitrogens is 4. The summed E-state index contributed by atoms with van der Waals surface area (Å²) < 4.78 is 1.87. The number of hydrogen-bond acceptors (Lipinski definition) is 6. The van der Waals surface area contributed by atoms with Crippen LogP contribution in [0.3, 0.4) is 0 Å². The highest BCUT2D eigenvalue weighted by molar-refractivity contribution is 7.99. The van der Waals surface area contributed by atoms with E-state index in [0.29, 0.717) is 10.3 Å². The second kappa shape index (κ2) is 8.81. The van der Waals surface area contributed by atoms with Crippen LogP contribution in [0.5, 0.6) is 0 Å². The first-order valence-electron chi connectivity index (χ1n) is 9.42. The first-order valence-corrected chi connectivity index (χ1v) is 11.3. The molecule has 0 unspecified atom stereocenters. The quantitative estimate of drug-likeness (QED) is 0.429. The van der Waals surface area contributed by atoms with Crippen molar-refractivity contribution in [2.45, 2.75) is 25.9 Å². The van der Waals surface area contributed by atoms with Crippen LogP contribution < -0.4 is 5.32 Å². The van der Waals surface area contributed by atoms with E-state index < -0.39 is 0 Å². The predicted molar refractivity (Wildman–Crippen MR) is 122 cm³/mol. The van der Waals surface area contributed by atoms with E-state index in [4.69, 9.17) is 0 Å².